The van der Waals surface area contributed by atoms with Gasteiger partial charge in [0.1, 0.15) is 10.8 Å². The molecule has 3 heterocycles. The zero-order chi connectivity index (χ0) is 19.3. The number of benzene rings is 1. The third-order valence-corrected chi connectivity index (χ3v) is 6.39. The van der Waals surface area contributed by atoms with Crippen LogP contribution in [0.2, 0.25) is 0 Å². The summed E-state index contributed by atoms with van der Waals surface area (Å²) in [6.45, 7) is 5.96. The van der Waals surface area contributed by atoms with E-state index in [1.54, 1.807) is 23.5 Å². The molecule has 8 heteroatoms. The van der Waals surface area contributed by atoms with Crippen molar-refractivity contribution in [1.82, 2.24) is 20.0 Å². The highest BCUT2D eigenvalue weighted by Crippen LogP contribution is 2.23. The maximum atomic E-state index is 13.0. The lowest BCUT2D eigenvalue weighted by molar-refractivity contribution is -0.131. The van der Waals surface area contributed by atoms with E-state index < -0.39 is 0 Å². The molecule has 2 fully saturated rings. The van der Waals surface area contributed by atoms with Crippen molar-refractivity contribution < 1.29 is 9.18 Å². The second-order valence-corrected chi connectivity index (χ2v) is 8.53. The first kappa shape index (κ1) is 19.3. The number of aromatic nitrogens is 2. The Hall–Kier alpha value is -2.06. The summed E-state index contributed by atoms with van der Waals surface area (Å²) in [6, 6.07) is 6.53. The second kappa shape index (κ2) is 8.96. The van der Waals surface area contributed by atoms with Crippen molar-refractivity contribution in [2.75, 3.05) is 50.7 Å². The van der Waals surface area contributed by atoms with Gasteiger partial charge in [-0.3, -0.25) is 9.69 Å². The van der Waals surface area contributed by atoms with Gasteiger partial charge in [0.2, 0.25) is 11.0 Å². The van der Waals surface area contributed by atoms with Gasteiger partial charge >= 0.3 is 0 Å². The monoisotopic (exact) mass is 403 g/mol. The summed E-state index contributed by atoms with van der Waals surface area (Å²) in [6.07, 6.45) is 3.95. The number of rotatable bonds is 5. The van der Waals surface area contributed by atoms with E-state index in [-0.39, 0.29) is 11.7 Å². The van der Waals surface area contributed by atoms with Crippen molar-refractivity contribution >= 4 is 22.4 Å². The van der Waals surface area contributed by atoms with Gasteiger partial charge in [0.25, 0.3) is 0 Å². The van der Waals surface area contributed by atoms with Gasteiger partial charge in [0.05, 0.1) is 6.54 Å². The first-order valence-corrected chi connectivity index (χ1v) is 10.8. The normalized spacial score (nSPS) is 18.5. The molecule has 0 bridgehead atoms. The minimum atomic E-state index is -0.223. The lowest BCUT2D eigenvalue weighted by Crippen LogP contribution is -2.40. The Morgan fingerprint density at radius 3 is 2.54 bits per heavy atom. The summed E-state index contributed by atoms with van der Waals surface area (Å²) >= 11 is 1.60. The Bertz CT molecular complexity index is 790. The van der Waals surface area contributed by atoms with Crippen LogP contribution in [0, 0.1) is 5.82 Å². The molecule has 28 heavy (non-hydrogen) atoms. The van der Waals surface area contributed by atoms with E-state index in [1.807, 2.05) is 4.90 Å². The molecule has 4 rings (SSSR count). The zero-order valence-electron chi connectivity index (χ0n) is 16.0. The Labute approximate surface area is 169 Å². The van der Waals surface area contributed by atoms with Crippen LogP contribution >= 0.6 is 11.3 Å². The van der Waals surface area contributed by atoms with Gasteiger partial charge < -0.3 is 9.80 Å². The topological polar surface area (TPSA) is 52.6 Å². The minimum absolute atomic E-state index is 0.223. The summed E-state index contributed by atoms with van der Waals surface area (Å²) < 4.78 is 13.0. The molecular formula is C20H26FN5OS. The molecule has 1 amide bonds. The fraction of sp³-hybridized carbons (Fsp3) is 0.550. The standard InChI is InChI=1S/C20H26FN5OS/c21-17-6-4-16(5-7-17)14-18-22-23-20(28-18)26-11-3-8-24(12-13-26)15-19(27)25-9-1-2-10-25/h4-7H,1-3,8-15H2. The fourth-order valence-electron chi connectivity index (χ4n) is 3.80. The number of halogens is 1. The first-order valence-electron chi connectivity index (χ1n) is 9.99. The quantitative estimate of drug-likeness (QED) is 0.767. The van der Waals surface area contributed by atoms with E-state index in [0.717, 1.165) is 74.2 Å². The number of hydrogen-bond acceptors (Lipinski definition) is 6. The van der Waals surface area contributed by atoms with Crippen molar-refractivity contribution in [1.29, 1.82) is 0 Å². The maximum Gasteiger partial charge on any atom is 0.236 e. The third-order valence-electron chi connectivity index (χ3n) is 5.40. The SMILES string of the molecule is O=C(CN1CCCN(c2nnc(Cc3ccc(F)cc3)s2)CC1)N1CCCC1. The maximum absolute atomic E-state index is 13.0. The van der Waals surface area contributed by atoms with Crippen molar-refractivity contribution in [2.24, 2.45) is 0 Å². The van der Waals surface area contributed by atoms with Gasteiger partial charge in [-0.1, -0.05) is 23.5 Å². The summed E-state index contributed by atoms with van der Waals surface area (Å²) in [4.78, 5) is 18.9. The molecular weight excluding hydrogens is 377 g/mol. The van der Waals surface area contributed by atoms with E-state index in [9.17, 15) is 9.18 Å². The summed E-state index contributed by atoms with van der Waals surface area (Å²) in [7, 11) is 0. The highest BCUT2D eigenvalue weighted by Gasteiger charge is 2.23. The molecule has 2 saturated heterocycles. The number of carbonyl (C=O) groups is 1. The van der Waals surface area contributed by atoms with Crippen LogP contribution in [-0.4, -0.2) is 71.7 Å². The van der Waals surface area contributed by atoms with Crippen molar-refractivity contribution in [3.63, 3.8) is 0 Å². The molecule has 2 aliphatic heterocycles. The predicted molar refractivity (Wildman–Crippen MR) is 108 cm³/mol. The molecule has 1 aromatic carbocycles. The van der Waals surface area contributed by atoms with Crippen LogP contribution in [0.15, 0.2) is 24.3 Å². The van der Waals surface area contributed by atoms with Crippen molar-refractivity contribution in [3.05, 3.63) is 40.7 Å². The molecule has 0 spiro atoms. The first-order chi connectivity index (χ1) is 13.7. The molecule has 2 aromatic rings. The summed E-state index contributed by atoms with van der Waals surface area (Å²) in [5.41, 5.74) is 1.03. The van der Waals surface area contributed by atoms with Crippen LogP contribution in [0.25, 0.3) is 0 Å². The van der Waals surface area contributed by atoms with Crippen LogP contribution in [0.1, 0.15) is 29.8 Å². The highest BCUT2D eigenvalue weighted by molar-refractivity contribution is 7.15. The van der Waals surface area contributed by atoms with Gasteiger partial charge in [0, 0.05) is 45.7 Å². The molecule has 0 unspecified atom stereocenters. The van der Waals surface area contributed by atoms with Crippen molar-refractivity contribution in [3.8, 4) is 0 Å². The fourth-order valence-corrected chi connectivity index (χ4v) is 4.72. The van der Waals surface area contributed by atoms with Crippen LogP contribution in [0.4, 0.5) is 9.52 Å². The molecule has 1 aromatic heterocycles. The zero-order valence-corrected chi connectivity index (χ0v) is 16.8. The van der Waals surface area contributed by atoms with Gasteiger partial charge in [0.15, 0.2) is 0 Å². The van der Waals surface area contributed by atoms with E-state index in [1.165, 1.54) is 12.1 Å². The van der Waals surface area contributed by atoms with E-state index >= 15 is 0 Å². The molecule has 0 saturated carbocycles. The smallest absolute Gasteiger partial charge is 0.236 e. The number of nitrogens with zero attached hydrogens (tertiary/aromatic N) is 5. The van der Waals surface area contributed by atoms with Gasteiger partial charge in [-0.15, -0.1) is 10.2 Å². The van der Waals surface area contributed by atoms with E-state index in [2.05, 4.69) is 20.0 Å². The van der Waals surface area contributed by atoms with Crippen LogP contribution < -0.4 is 4.90 Å². The second-order valence-electron chi connectivity index (χ2n) is 7.49. The summed E-state index contributed by atoms with van der Waals surface area (Å²) in [5.74, 6) is 0.0440. The lowest BCUT2D eigenvalue weighted by Gasteiger charge is -2.23. The highest BCUT2D eigenvalue weighted by atomic mass is 32.1. The van der Waals surface area contributed by atoms with Gasteiger partial charge in [-0.2, -0.15) is 0 Å². The molecule has 6 nitrogen and oxygen atoms in total. The average molecular weight is 404 g/mol. The van der Waals surface area contributed by atoms with Crippen molar-refractivity contribution in [2.45, 2.75) is 25.7 Å². The van der Waals surface area contributed by atoms with Crippen LogP contribution in [0.3, 0.4) is 0 Å². The predicted octanol–water partition coefficient (Wildman–Crippen LogP) is 2.40. The Morgan fingerprint density at radius 1 is 0.964 bits per heavy atom. The number of carbonyl (C=O) groups excluding carboxylic acids is 1. The Balaban J connectivity index is 1.31. The average Bonchev–Trinajstić information content (AvgIpc) is 3.34. The third kappa shape index (κ3) is 4.86. The van der Waals surface area contributed by atoms with Crippen LogP contribution in [-0.2, 0) is 11.2 Å². The molecule has 0 N–H and O–H groups in total. The minimum Gasteiger partial charge on any atom is -0.345 e. The number of anilines is 1. The largest absolute Gasteiger partial charge is 0.345 e. The molecule has 0 radical (unpaired) electrons. The lowest BCUT2D eigenvalue weighted by atomic mass is 10.2. The summed E-state index contributed by atoms with van der Waals surface area (Å²) in [5, 5.41) is 10.6. The van der Waals surface area contributed by atoms with E-state index in [4.69, 9.17) is 0 Å². The van der Waals surface area contributed by atoms with E-state index in [0.29, 0.717) is 13.0 Å². The molecule has 150 valence electrons. The molecule has 0 atom stereocenters. The molecule has 0 aliphatic carbocycles. The Morgan fingerprint density at radius 2 is 1.75 bits per heavy atom. The number of amides is 1. The number of likely N-dealkylation sites (tertiary alicyclic amines) is 1. The van der Waals surface area contributed by atoms with Gasteiger partial charge in [-0.25, -0.2) is 4.39 Å². The Kier molecular flexibility index (Phi) is 6.17. The van der Waals surface area contributed by atoms with Gasteiger partial charge in [-0.05, 0) is 37.0 Å². The molecule has 2 aliphatic rings. The van der Waals surface area contributed by atoms with Crippen LogP contribution in [0.5, 0.6) is 0 Å². The number of hydrogen-bond donors (Lipinski definition) is 0.